The average molecular weight is 335 g/mol. The number of aliphatic carboxylic acids is 1. The van der Waals surface area contributed by atoms with Crippen LogP contribution in [0.2, 0.25) is 0 Å². The van der Waals surface area contributed by atoms with Crippen molar-refractivity contribution in [3.63, 3.8) is 0 Å². The summed E-state index contributed by atoms with van der Waals surface area (Å²) in [4.78, 5) is 26.2. The monoisotopic (exact) mass is 335 g/mol. The number of ether oxygens (including phenoxy) is 1. The first-order valence-corrected chi connectivity index (χ1v) is 8.36. The van der Waals surface area contributed by atoms with Crippen LogP contribution in [0.1, 0.15) is 38.2 Å². The molecule has 1 N–H and O–H groups in total. The third kappa shape index (κ3) is 3.02. The normalized spacial score (nSPS) is 26.3. The summed E-state index contributed by atoms with van der Waals surface area (Å²) in [5.41, 5.74) is 0.144. The van der Waals surface area contributed by atoms with E-state index in [0.29, 0.717) is 19.4 Å². The van der Waals surface area contributed by atoms with Crippen LogP contribution in [-0.4, -0.2) is 47.2 Å². The highest BCUT2D eigenvalue weighted by molar-refractivity contribution is 5.89. The van der Waals surface area contributed by atoms with Gasteiger partial charge in [-0.25, -0.2) is 9.18 Å². The zero-order valence-electron chi connectivity index (χ0n) is 13.7. The summed E-state index contributed by atoms with van der Waals surface area (Å²) in [7, 11) is 0. The lowest BCUT2D eigenvalue weighted by molar-refractivity contribution is -0.168. The van der Waals surface area contributed by atoms with Crippen LogP contribution in [0, 0.1) is 5.82 Å². The van der Waals surface area contributed by atoms with E-state index in [-0.39, 0.29) is 24.4 Å². The van der Waals surface area contributed by atoms with Gasteiger partial charge in [0.1, 0.15) is 5.82 Å². The van der Waals surface area contributed by atoms with E-state index in [4.69, 9.17) is 4.74 Å². The maximum atomic E-state index is 13.3. The highest BCUT2D eigenvalue weighted by Crippen LogP contribution is 2.43. The van der Waals surface area contributed by atoms with Crippen molar-refractivity contribution in [1.82, 2.24) is 4.90 Å². The standard InChI is InChI=1S/C18H22FNO4/c1-12-10-20(11-15(24-12)16(21)22)17(23)18(8-2-3-9-18)13-4-6-14(19)7-5-13/h4-7,12,15H,2-3,8-11H2,1H3,(H,21,22)/t12-,15?/m1/s1. The van der Waals surface area contributed by atoms with Crippen LogP contribution in [0.25, 0.3) is 0 Å². The highest BCUT2D eigenvalue weighted by Gasteiger charge is 2.47. The number of amides is 1. The summed E-state index contributed by atoms with van der Waals surface area (Å²) in [6.07, 6.45) is 1.97. The molecule has 2 fully saturated rings. The number of carbonyl (C=O) groups is 2. The van der Waals surface area contributed by atoms with Gasteiger partial charge in [0, 0.05) is 6.54 Å². The van der Waals surface area contributed by atoms with E-state index in [2.05, 4.69) is 0 Å². The Bertz CT molecular complexity index is 624. The van der Waals surface area contributed by atoms with E-state index >= 15 is 0 Å². The summed E-state index contributed by atoms with van der Waals surface area (Å²) in [6, 6.07) is 6.11. The van der Waals surface area contributed by atoms with Crippen LogP contribution in [0.5, 0.6) is 0 Å². The molecule has 1 saturated carbocycles. The summed E-state index contributed by atoms with van der Waals surface area (Å²) in [5, 5.41) is 9.23. The molecular formula is C18H22FNO4. The second-order valence-corrected chi connectivity index (χ2v) is 6.78. The van der Waals surface area contributed by atoms with Gasteiger partial charge in [0.2, 0.25) is 5.91 Å². The van der Waals surface area contributed by atoms with Crippen molar-refractivity contribution < 1.29 is 23.8 Å². The number of hydrogen-bond acceptors (Lipinski definition) is 3. The molecule has 1 amide bonds. The molecule has 1 heterocycles. The van der Waals surface area contributed by atoms with Crippen LogP contribution in [0.3, 0.4) is 0 Å². The minimum absolute atomic E-state index is 0.0570. The molecular weight excluding hydrogens is 313 g/mol. The van der Waals surface area contributed by atoms with Gasteiger partial charge in [0.15, 0.2) is 6.10 Å². The summed E-state index contributed by atoms with van der Waals surface area (Å²) in [6.45, 7) is 2.21. The average Bonchev–Trinajstić information content (AvgIpc) is 3.05. The van der Waals surface area contributed by atoms with E-state index in [0.717, 1.165) is 18.4 Å². The highest BCUT2D eigenvalue weighted by atomic mass is 19.1. The Balaban J connectivity index is 1.89. The molecule has 3 rings (SSSR count). The van der Waals surface area contributed by atoms with E-state index in [1.807, 2.05) is 0 Å². The fourth-order valence-corrected chi connectivity index (χ4v) is 3.93. The van der Waals surface area contributed by atoms with E-state index in [1.54, 1.807) is 24.0 Å². The van der Waals surface area contributed by atoms with Crippen molar-refractivity contribution in [1.29, 1.82) is 0 Å². The molecule has 0 radical (unpaired) electrons. The quantitative estimate of drug-likeness (QED) is 0.921. The third-order valence-electron chi connectivity index (χ3n) is 5.09. The summed E-state index contributed by atoms with van der Waals surface area (Å²) >= 11 is 0. The van der Waals surface area contributed by atoms with Gasteiger partial charge < -0.3 is 14.7 Å². The smallest absolute Gasteiger partial charge is 0.334 e. The number of nitrogens with zero attached hydrogens (tertiary/aromatic N) is 1. The fraction of sp³-hybridized carbons (Fsp3) is 0.556. The van der Waals surface area contributed by atoms with Gasteiger partial charge in [0.05, 0.1) is 18.1 Å². The van der Waals surface area contributed by atoms with Gasteiger partial charge in [-0.2, -0.15) is 0 Å². The Morgan fingerprint density at radius 3 is 2.42 bits per heavy atom. The molecule has 1 aromatic rings. The predicted molar refractivity (Wildman–Crippen MR) is 85.1 cm³/mol. The molecule has 1 aliphatic heterocycles. The van der Waals surface area contributed by atoms with Crippen LogP contribution in [0.4, 0.5) is 4.39 Å². The SMILES string of the molecule is C[C@@H]1CN(C(=O)C2(c3ccc(F)cc3)CCCC2)CC(C(=O)O)O1. The Morgan fingerprint density at radius 2 is 1.83 bits per heavy atom. The van der Waals surface area contributed by atoms with Crippen LogP contribution in [-0.2, 0) is 19.7 Å². The number of carbonyl (C=O) groups excluding carboxylic acids is 1. The van der Waals surface area contributed by atoms with E-state index in [9.17, 15) is 19.1 Å². The van der Waals surface area contributed by atoms with Crippen molar-refractivity contribution >= 4 is 11.9 Å². The lowest BCUT2D eigenvalue weighted by atomic mass is 9.77. The van der Waals surface area contributed by atoms with Crippen LogP contribution in [0.15, 0.2) is 24.3 Å². The van der Waals surface area contributed by atoms with Crippen molar-refractivity contribution in [2.75, 3.05) is 13.1 Å². The maximum absolute atomic E-state index is 13.3. The number of benzene rings is 1. The van der Waals surface area contributed by atoms with Crippen molar-refractivity contribution in [2.24, 2.45) is 0 Å². The minimum atomic E-state index is -1.05. The first-order valence-electron chi connectivity index (χ1n) is 8.36. The number of hydrogen-bond donors (Lipinski definition) is 1. The fourth-order valence-electron chi connectivity index (χ4n) is 3.93. The molecule has 1 saturated heterocycles. The first-order chi connectivity index (χ1) is 11.4. The molecule has 130 valence electrons. The maximum Gasteiger partial charge on any atom is 0.334 e. The van der Waals surface area contributed by atoms with Crippen molar-refractivity contribution in [2.45, 2.75) is 50.2 Å². The van der Waals surface area contributed by atoms with Crippen LogP contribution < -0.4 is 0 Å². The second kappa shape index (κ2) is 6.51. The Labute approximate surface area is 140 Å². The Morgan fingerprint density at radius 1 is 1.21 bits per heavy atom. The molecule has 2 aliphatic rings. The molecule has 5 nitrogen and oxygen atoms in total. The van der Waals surface area contributed by atoms with Gasteiger partial charge >= 0.3 is 5.97 Å². The zero-order chi connectivity index (χ0) is 17.3. The van der Waals surface area contributed by atoms with Gasteiger partial charge in [-0.3, -0.25) is 4.79 Å². The van der Waals surface area contributed by atoms with Gasteiger partial charge in [-0.05, 0) is 37.5 Å². The molecule has 0 aromatic heterocycles. The van der Waals surface area contributed by atoms with Crippen LogP contribution >= 0.6 is 0 Å². The molecule has 1 aromatic carbocycles. The second-order valence-electron chi connectivity index (χ2n) is 6.78. The molecule has 24 heavy (non-hydrogen) atoms. The number of carboxylic acid groups (broad SMARTS) is 1. The van der Waals surface area contributed by atoms with E-state index in [1.165, 1.54) is 12.1 Å². The third-order valence-corrected chi connectivity index (χ3v) is 5.09. The molecule has 1 unspecified atom stereocenters. The lowest BCUT2D eigenvalue weighted by Gasteiger charge is -2.40. The topological polar surface area (TPSA) is 66.8 Å². The van der Waals surface area contributed by atoms with Gasteiger partial charge in [-0.15, -0.1) is 0 Å². The number of morpholine rings is 1. The molecule has 0 bridgehead atoms. The lowest BCUT2D eigenvalue weighted by Crippen LogP contribution is -2.56. The molecule has 1 aliphatic carbocycles. The zero-order valence-corrected chi connectivity index (χ0v) is 13.7. The molecule has 6 heteroatoms. The largest absolute Gasteiger partial charge is 0.479 e. The van der Waals surface area contributed by atoms with Gasteiger partial charge in [0.25, 0.3) is 0 Å². The van der Waals surface area contributed by atoms with Crippen molar-refractivity contribution in [3.05, 3.63) is 35.6 Å². The summed E-state index contributed by atoms with van der Waals surface area (Å²) < 4.78 is 18.7. The minimum Gasteiger partial charge on any atom is -0.479 e. The Hall–Kier alpha value is -1.95. The van der Waals surface area contributed by atoms with E-state index < -0.39 is 17.5 Å². The number of halogens is 1. The van der Waals surface area contributed by atoms with Crippen molar-refractivity contribution in [3.8, 4) is 0 Å². The first kappa shape index (κ1) is 16.9. The number of carboxylic acids is 1. The molecule has 2 atom stereocenters. The molecule has 0 spiro atoms. The summed E-state index contributed by atoms with van der Waals surface area (Å²) in [5.74, 6) is -1.44. The Kier molecular flexibility index (Phi) is 4.58. The van der Waals surface area contributed by atoms with Gasteiger partial charge in [-0.1, -0.05) is 25.0 Å². The number of rotatable bonds is 3. The predicted octanol–water partition coefficient (Wildman–Crippen LogP) is 2.34.